The van der Waals surface area contributed by atoms with Gasteiger partial charge in [0.25, 0.3) is 0 Å². The minimum Gasteiger partial charge on any atom is -0.353 e. The summed E-state index contributed by atoms with van der Waals surface area (Å²) in [6.45, 7) is 2.13. The average molecular weight is 215 g/mol. The summed E-state index contributed by atoms with van der Waals surface area (Å²) in [6, 6.07) is 1.59. The van der Waals surface area contributed by atoms with Crippen molar-refractivity contribution >= 4 is 17.7 Å². The van der Waals surface area contributed by atoms with Gasteiger partial charge in [-0.25, -0.2) is 0 Å². The summed E-state index contributed by atoms with van der Waals surface area (Å²) >= 11 is 1.66. The lowest BCUT2D eigenvalue weighted by Crippen LogP contribution is -2.42. The molecule has 0 aliphatic heterocycles. The van der Waals surface area contributed by atoms with Crippen molar-refractivity contribution in [3.63, 3.8) is 0 Å². The zero-order valence-corrected chi connectivity index (χ0v) is 9.43. The minimum atomic E-state index is -0.451. The first-order valence-corrected chi connectivity index (χ1v) is 5.93. The molecule has 0 heterocycles. The van der Waals surface area contributed by atoms with Gasteiger partial charge in [-0.15, -0.1) is 0 Å². The number of carbonyl (C=O) groups excluding carboxylic acids is 1. The zero-order chi connectivity index (χ0) is 11.0. The van der Waals surface area contributed by atoms with E-state index in [1.807, 2.05) is 12.3 Å². The van der Waals surface area contributed by atoms with Crippen LogP contribution in [0.4, 0.5) is 0 Å². The normalized spacial score (nSPS) is 14.1. The standard InChI is InChI=1S/C9H17N3OS/c1-7(5-10)6-12-9(13)8(11)3-4-14-2/h7-8H,3-4,6,11H2,1-2H3,(H,12,13)/t7?,8-/m1/s1. The monoisotopic (exact) mass is 215 g/mol. The van der Waals surface area contributed by atoms with Crippen LogP contribution in [0.25, 0.3) is 0 Å². The second-order valence-corrected chi connectivity index (χ2v) is 4.15. The summed E-state index contributed by atoms with van der Waals surface area (Å²) in [7, 11) is 0. The molecule has 3 N–H and O–H groups in total. The van der Waals surface area contributed by atoms with E-state index in [2.05, 4.69) is 5.32 Å². The van der Waals surface area contributed by atoms with E-state index in [1.54, 1.807) is 18.7 Å². The number of carbonyl (C=O) groups is 1. The number of hydrogen-bond acceptors (Lipinski definition) is 4. The van der Waals surface area contributed by atoms with Crippen molar-refractivity contribution in [1.82, 2.24) is 5.32 Å². The third-order valence-corrected chi connectivity index (χ3v) is 2.42. The highest BCUT2D eigenvalue weighted by Gasteiger charge is 2.12. The van der Waals surface area contributed by atoms with Crippen molar-refractivity contribution < 1.29 is 4.79 Å². The summed E-state index contributed by atoms with van der Waals surface area (Å²) in [5, 5.41) is 11.1. The van der Waals surface area contributed by atoms with E-state index in [0.29, 0.717) is 13.0 Å². The average Bonchev–Trinajstić information content (AvgIpc) is 2.21. The van der Waals surface area contributed by atoms with Crippen LogP contribution in [0, 0.1) is 17.2 Å². The Kier molecular flexibility index (Phi) is 7.25. The quantitative estimate of drug-likeness (QED) is 0.670. The number of hydrogen-bond donors (Lipinski definition) is 2. The van der Waals surface area contributed by atoms with Crippen LogP contribution >= 0.6 is 11.8 Å². The van der Waals surface area contributed by atoms with E-state index in [9.17, 15) is 4.79 Å². The predicted molar refractivity (Wildman–Crippen MR) is 58.8 cm³/mol. The molecule has 0 bridgehead atoms. The van der Waals surface area contributed by atoms with Gasteiger partial charge in [0.15, 0.2) is 0 Å². The highest BCUT2D eigenvalue weighted by atomic mass is 32.2. The number of thioether (sulfide) groups is 1. The fourth-order valence-electron chi connectivity index (χ4n) is 0.806. The molecule has 0 rings (SSSR count). The molecule has 0 spiro atoms. The van der Waals surface area contributed by atoms with E-state index in [0.717, 1.165) is 5.75 Å². The van der Waals surface area contributed by atoms with Gasteiger partial charge in [-0.3, -0.25) is 4.79 Å². The van der Waals surface area contributed by atoms with Crippen molar-refractivity contribution in [2.75, 3.05) is 18.6 Å². The molecule has 0 saturated heterocycles. The molecule has 0 aliphatic rings. The fraction of sp³-hybridized carbons (Fsp3) is 0.778. The third kappa shape index (κ3) is 5.84. The van der Waals surface area contributed by atoms with Crippen LogP contribution in [0.3, 0.4) is 0 Å². The summed E-state index contributed by atoms with van der Waals surface area (Å²) in [6.07, 6.45) is 2.65. The van der Waals surface area contributed by atoms with Crippen LogP contribution in [0.15, 0.2) is 0 Å². The molecule has 80 valence electrons. The smallest absolute Gasteiger partial charge is 0.236 e. The Morgan fingerprint density at radius 2 is 2.36 bits per heavy atom. The highest BCUT2D eigenvalue weighted by Crippen LogP contribution is 1.98. The molecule has 0 radical (unpaired) electrons. The topological polar surface area (TPSA) is 78.9 Å². The first kappa shape index (κ1) is 13.3. The minimum absolute atomic E-state index is 0.160. The van der Waals surface area contributed by atoms with Crippen molar-refractivity contribution in [3.8, 4) is 6.07 Å². The second-order valence-electron chi connectivity index (χ2n) is 3.16. The van der Waals surface area contributed by atoms with E-state index < -0.39 is 6.04 Å². The molecule has 5 heteroatoms. The molecule has 4 nitrogen and oxygen atoms in total. The van der Waals surface area contributed by atoms with Crippen molar-refractivity contribution in [2.24, 2.45) is 11.7 Å². The summed E-state index contributed by atoms with van der Waals surface area (Å²) in [4.78, 5) is 11.3. The van der Waals surface area contributed by atoms with Crippen molar-refractivity contribution in [1.29, 1.82) is 5.26 Å². The van der Waals surface area contributed by atoms with Gasteiger partial charge in [-0.1, -0.05) is 0 Å². The molecule has 0 aliphatic carbocycles. The number of rotatable bonds is 6. The Bertz CT molecular complexity index is 215. The highest BCUT2D eigenvalue weighted by molar-refractivity contribution is 7.98. The van der Waals surface area contributed by atoms with E-state index in [-0.39, 0.29) is 11.8 Å². The van der Waals surface area contributed by atoms with Gasteiger partial charge in [0.1, 0.15) is 0 Å². The Morgan fingerprint density at radius 1 is 1.71 bits per heavy atom. The van der Waals surface area contributed by atoms with Crippen molar-refractivity contribution in [2.45, 2.75) is 19.4 Å². The molecular formula is C9H17N3OS. The predicted octanol–water partition coefficient (Wildman–Crippen LogP) is 0.343. The number of nitrogens with two attached hydrogens (primary N) is 1. The lowest BCUT2D eigenvalue weighted by atomic mass is 10.2. The summed E-state index contributed by atoms with van der Waals surface area (Å²) in [5.41, 5.74) is 5.62. The SMILES string of the molecule is CSCC[C@@H](N)C(=O)NCC(C)C#N. The molecule has 0 fully saturated rings. The molecule has 14 heavy (non-hydrogen) atoms. The molecular weight excluding hydrogens is 198 g/mol. The van der Waals surface area contributed by atoms with Gasteiger partial charge in [0, 0.05) is 6.54 Å². The maximum atomic E-state index is 11.3. The Morgan fingerprint density at radius 3 is 2.86 bits per heavy atom. The Hall–Kier alpha value is -0.730. The van der Waals surface area contributed by atoms with Crippen LogP contribution < -0.4 is 11.1 Å². The Labute approximate surface area is 89.2 Å². The van der Waals surface area contributed by atoms with E-state index in [1.165, 1.54) is 0 Å². The van der Waals surface area contributed by atoms with Crippen LogP contribution in [-0.4, -0.2) is 30.5 Å². The van der Waals surface area contributed by atoms with Gasteiger partial charge in [0.2, 0.25) is 5.91 Å². The van der Waals surface area contributed by atoms with E-state index in [4.69, 9.17) is 11.0 Å². The van der Waals surface area contributed by atoms with Crippen molar-refractivity contribution in [3.05, 3.63) is 0 Å². The third-order valence-electron chi connectivity index (χ3n) is 1.77. The molecule has 0 aromatic carbocycles. The summed E-state index contributed by atoms with van der Waals surface area (Å²) in [5.74, 6) is 0.551. The molecule has 0 aromatic heterocycles. The largest absolute Gasteiger partial charge is 0.353 e. The number of amides is 1. The molecule has 1 unspecified atom stereocenters. The van der Waals surface area contributed by atoms with Gasteiger partial charge in [-0.2, -0.15) is 17.0 Å². The van der Waals surface area contributed by atoms with Crippen LogP contribution in [0.2, 0.25) is 0 Å². The maximum absolute atomic E-state index is 11.3. The number of nitrogens with zero attached hydrogens (tertiary/aromatic N) is 1. The molecule has 1 amide bonds. The number of nitriles is 1. The zero-order valence-electron chi connectivity index (χ0n) is 8.62. The van der Waals surface area contributed by atoms with Gasteiger partial charge >= 0.3 is 0 Å². The second kappa shape index (κ2) is 7.65. The first-order chi connectivity index (χ1) is 6.61. The van der Waals surface area contributed by atoms with Crippen LogP contribution in [0.5, 0.6) is 0 Å². The maximum Gasteiger partial charge on any atom is 0.236 e. The molecule has 0 aromatic rings. The van der Waals surface area contributed by atoms with Crippen LogP contribution in [0.1, 0.15) is 13.3 Å². The van der Waals surface area contributed by atoms with E-state index >= 15 is 0 Å². The van der Waals surface area contributed by atoms with Gasteiger partial charge in [-0.05, 0) is 25.4 Å². The molecule has 0 saturated carbocycles. The van der Waals surface area contributed by atoms with Gasteiger partial charge in [0.05, 0.1) is 18.0 Å². The Balaban J connectivity index is 3.68. The van der Waals surface area contributed by atoms with Crippen LogP contribution in [-0.2, 0) is 4.79 Å². The lowest BCUT2D eigenvalue weighted by Gasteiger charge is -2.11. The molecule has 2 atom stereocenters. The number of nitrogens with one attached hydrogen (secondary N) is 1. The first-order valence-electron chi connectivity index (χ1n) is 4.53. The lowest BCUT2D eigenvalue weighted by molar-refractivity contribution is -0.122. The fourth-order valence-corrected chi connectivity index (χ4v) is 1.30. The summed E-state index contributed by atoms with van der Waals surface area (Å²) < 4.78 is 0. The van der Waals surface area contributed by atoms with Gasteiger partial charge < -0.3 is 11.1 Å².